The Hall–Kier alpha value is -3.22. The molecule has 150 valence electrons. The molecular weight excluding hydrogens is 356 g/mol. The van der Waals surface area contributed by atoms with Gasteiger partial charge in [0.25, 0.3) is 0 Å². The van der Waals surface area contributed by atoms with E-state index in [-0.39, 0.29) is 6.10 Å². The smallest absolute Gasteiger partial charge is 0.248 e. The third kappa shape index (κ3) is 6.50. The van der Waals surface area contributed by atoms with Crippen LogP contribution in [0.25, 0.3) is 0 Å². The zero-order valence-corrected chi connectivity index (χ0v) is 16.6. The highest BCUT2D eigenvalue weighted by Crippen LogP contribution is 2.26. The lowest BCUT2D eigenvalue weighted by molar-refractivity contribution is 0.100. The van der Waals surface area contributed by atoms with Gasteiger partial charge in [0.15, 0.2) is 17.5 Å². The maximum absolute atomic E-state index is 11.1. The van der Waals surface area contributed by atoms with Crippen LogP contribution in [0.3, 0.4) is 0 Å². The molecule has 0 fully saturated rings. The SMILES string of the molecule is CCNC(=NCc1ccc(C(N)=O)cc1)NCC(C)Oc1ccccc1OC. The minimum atomic E-state index is -0.436. The number of benzene rings is 2. The molecule has 2 aromatic rings. The van der Waals surface area contributed by atoms with Crippen molar-refractivity contribution >= 4 is 11.9 Å². The first kappa shape index (κ1) is 21.1. The Morgan fingerprint density at radius 2 is 1.79 bits per heavy atom. The molecular formula is C21H28N4O3. The molecule has 0 heterocycles. The molecule has 7 heteroatoms. The number of nitrogens with one attached hydrogen (secondary N) is 2. The normalized spacial score (nSPS) is 12.2. The summed E-state index contributed by atoms with van der Waals surface area (Å²) >= 11 is 0. The van der Waals surface area contributed by atoms with E-state index in [0.29, 0.717) is 36.1 Å². The molecule has 0 aliphatic heterocycles. The lowest BCUT2D eigenvalue weighted by atomic mass is 10.1. The van der Waals surface area contributed by atoms with Crippen molar-refractivity contribution in [3.63, 3.8) is 0 Å². The van der Waals surface area contributed by atoms with Gasteiger partial charge in [0.1, 0.15) is 6.10 Å². The van der Waals surface area contributed by atoms with Crippen LogP contribution in [0.1, 0.15) is 29.8 Å². The second-order valence-corrected chi connectivity index (χ2v) is 6.22. The molecule has 0 radical (unpaired) electrons. The van der Waals surface area contributed by atoms with Crippen molar-refractivity contribution in [1.82, 2.24) is 10.6 Å². The monoisotopic (exact) mass is 384 g/mol. The van der Waals surface area contributed by atoms with Crippen LogP contribution in [0.4, 0.5) is 0 Å². The predicted molar refractivity (Wildman–Crippen MR) is 111 cm³/mol. The number of primary amides is 1. The lowest BCUT2D eigenvalue weighted by Crippen LogP contribution is -2.41. The van der Waals surface area contributed by atoms with Gasteiger partial charge in [-0.1, -0.05) is 24.3 Å². The molecule has 1 atom stereocenters. The Morgan fingerprint density at radius 3 is 2.39 bits per heavy atom. The summed E-state index contributed by atoms with van der Waals surface area (Å²) in [7, 11) is 1.62. The maximum atomic E-state index is 11.1. The maximum Gasteiger partial charge on any atom is 0.248 e. The standard InChI is InChI=1S/C21H28N4O3/c1-4-23-21(25-14-16-9-11-17(12-10-16)20(22)26)24-13-15(2)28-19-8-6-5-7-18(19)27-3/h5-12,15H,4,13-14H2,1-3H3,(H2,22,26)(H2,23,24,25). The Labute approximate surface area is 165 Å². The zero-order chi connectivity index (χ0) is 20.4. The second-order valence-electron chi connectivity index (χ2n) is 6.22. The quantitative estimate of drug-likeness (QED) is 0.455. The fraction of sp³-hybridized carbons (Fsp3) is 0.333. The van der Waals surface area contributed by atoms with Crippen LogP contribution in [0, 0.1) is 0 Å². The van der Waals surface area contributed by atoms with E-state index in [1.165, 1.54) is 0 Å². The number of rotatable bonds is 9. The predicted octanol–water partition coefficient (Wildman–Crippen LogP) is 2.32. The van der Waals surface area contributed by atoms with E-state index in [9.17, 15) is 4.79 Å². The molecule has 0 aromatic heterocycles. The minimum absolute atomic E-state index is 0.0880. The summed E-state index contributed by atoms with van der Waals surface area (Å²) in [4.78, 5) is 15.7. The van der Waals surface area contributed by atoms with E-state index in [1.807, 2.05) is 50.2 Å². The second kappa shape index (κ2) is 10.8. The third-order valence-corrected chi connectivity index (χ3v) is 3.96. The highest BCUT2D eigenvalue weighted by molar-refractivity contribution is 5.92. The van der Waals surface area contributed by atoms with Crippen molar-refractivity contribution in [2.45, 2.75) is 26.5 Å². The Bertz CT molecular complexity index is 790. The molecule has 0 aliphatic rings. The van der Waals surface area contributed by atoms with E-state index in [0.717, 1.165) is 12.1 Å². The van der Waals surface area contributed by atoms with Crippen LogP contribution in [0.5, 0.6) is 11.5 Å². The number of aliphatic imine (C=N–C) groups is 1. The number of carbonyl (C=O) groups excluding carboxylic acids is 1. The average Bonchev–Trinajstić information content (AvgIpc) is 2.70. The van der Waals surface area contributed by atoms with Crippen LogP contribution in [-0.2, 0) is 6.54 Å². The Kier molecular flexibility index (Phi) is 8.14. The molecule has 4 N–H and O–H groups in total. The topological polar surface area (TPSA) is 98.0 Å². The van der Waals surface area contributed by atoms with Crippen molar-refractivity contribution in [2.75, 3.05) is 20.2 Å². The van der Waals surface area contributed by atoms with Crippen LogP contribution >= 0.6 is 0 Å². The number of carbonyl (C=O) groups is 1. The number of ether oxygens (including phenoxy) is 2. The van der Waals surface area contributed by atoms with Crippen molar-refractivity contribution in [2.24, 2.45) is 10.7 Å². The molecule has 28 heavy (non-hydrogen) atoms. The van der Waals surface area contributed by atoms with E-state index in [2.05, 4.69) is 15.6 Å². The summed E-state index contributed by atoms with van der Waals surface area (Å²) in [6, 6.07) is 14.7. The molecule has 0 saturated carbocycles. The van der Waals surface area contributed by atoms with E-state index in [1.54, 1.807) is 19.2 Å². The van der Waals surface area contributed by atoms with Gasteiger partial charge in [0.2, 0.25) is 5.91 Å². The van der Waals surface area contributed by atoms with Gasteiger partial charge < -0.3 is 25.8 Å². The number of hydrogen-bond acceptors (Lipinski definition) is 4. The number of amides is 1. The van der Waals surface area contributed by atoms with Crippen LogP contribution in [0.15, 0.2) is 53.5 Å². The molecule has 1 unspecified atom stereocenters. The molecule has 0 saturated heterocycles. The van der Waals surface area contributed by atoms with Crippen molar-refractivity contribution in [3.05, 3.63) is 59.7 Å². The van der Waals surface area contributed by atoms with Crippen molar-refractivity contribution in [1.29, 1.82) is 0 Å². The van der Waals surface area contributed by atoms with Crippen molar-refractivity contribution < 1.29 is 14.3 Å². The molecule has 0 spiro atoms. The number of nitrogens with two attached hydrogens (primary N) is 1. The number of para-hydroxylation sites is 2. The van der Waals surface area contributed by atoms with E-state index in [4.69, 9.17) is 15.2 Å². The summed E-state index contributed by atoms with van der Waals surface area (Å²) in [5, 5.41) is 6.49. The Balaban J connectivity index is 1.92. The fourth-order valence-electron chi connectivity index (χ4n) is 2.50. The number of methoxy groups -OCH3 is 1. The van der Waals surface area contributed by atoms with Crippen molar-refractivity contribution in [3.8, 4) is 11.5 Å². The summed E-state index contributed by atoms with van der Waals surface area (Å²) < 4.78 is 11.3. The molecule has 2 aromatic carbocycles. The van der Waals surface area contributed by atoms with Gasteiger partial charge in [-0.15, -0.1) is 0 Å². The molecule has 2 rings (SSSR count). The van der Waals surface area contributed by atoms with Crippen LogP contribution < -0.4 is 25.8 Å². The lowest BCUT2D eigenvalue weighted by Gasteiger charge is -2.19. The van der Waals surface area contributed by atoms with E-state index < -0.39 is 5.91 Å². The average molecular weight is 384 g/mol. The van der Waals surface area contributed by atoms with Gasteiger partial charge >= 0.3 is 0 Å². The van der Waals surface area contributed by atoms with Gasteiger partial charge in [-0.3, -0.25) is 4.79 Å². The number of nitrogens with zero attached hydrogens (tertiary/aromatic N) is 1. The largest absolute Gasteiger partial charge is 0.493 e. The minimum Gasteiger partial charge on any atom is -0.493 e. The van der Waals surface area contributed by atoms with Gasteiger partial charge in [-0.25, -0.2) is 4.99 Å². The van der Waals surface area contributed by atoms with Gasteiger partial charge in [0, 0.05) is 12.1 Å². The number of guanidine groups is 1. The summed E-state index contributed by atoms with van der Waals surface area (Å²) in [6.07, 6.45) is -0.0880. The highest BCUT2D eigenvalue weighted by atomic mass is 16.5. The summed E-state index contributed by atoms with van der Waals surface area (Å²) in [6.45, 7) is 5.79. The number of hydrogen-bond donors (Lipinski definition) is 3. The third-order valence-electron chi connectivity index (χ3n) is 3.96. The summed E-state index contributed by atoms with van der Waals surface area (Å²) in [5.74, 6) is 1.66. The molecule has 0 bridgehead atoms. The first-order valence-electron chi connectivity index (χ1n) is 9.24. The first-order chi connectivity index (χ1) is 13.5. The first-order valence-corrected chi connectivity index (χ1v) is 9.24. The van der Waals surface area contributed by atoms with Crippen LogP contribution in [0.2, 0.25) is 0 Å². The molecule has 0 aliphatic carbocycles. The highest BCUT2D eigenvalue weighted by Gasteiger charge is 2.09. The van der Waals surface area contributed by atoms with Crippen LogP contribution in [-0.4, -0.2) is 38.2 Å². The molecule has 7 nitrogen and oxygen atoms in total. The van der Waals surface area contributed by atoms with Gasteiger partial charge in [-0.05, 0) is 43.7 Å². The van der Waals surface area contributed by atoms with Gasteiger partial charge in [-0.2, -0.15) is 0 Å². The fourth-order valence-corrected chi connectivity index (χ4v) is 2.50. The molecule has 1 amide bonds. The summed E-state index contributed by atoms with van der Waals surface area (Å²) in [5.41, 5.74) is 6.73. The van der Waals surface area contributed by atoms with E-state index >= 15 is 0 Å². The Morgan fingerprint density at radius 1 is 1.11 bits per heavy atom. The van der Waals surface area contributed by atoms with Gasteiger partial charge in [0.05, 0.1) is 20.2 Å². The zero-order valence-electron chi connectivity index (χ0n) is 16.6.